The summed E-state index contributed by atoms with van der Waals surface area (Å²) in [5, 5.41) is 12.2. The minimum absolute atomic E-state index is 0.0726. The van der Waals surface area contributed by atoms with E-state index < -0.39 is 5.97 Å². The van der Waals surface area contributed by atoms with Crippen LogP contribution in [0.1, 0.15) is 0 Å². The number of para-hydroxylation sites is 1. The van der Waals surface area contributed by atoms with E-state index in [4.69, 9.17) is 16.9 Å². The summed E-state index contributed by atoms with van der Waals surface area (Å²) in [5.74, 6) is -0.873. The highest BCUT2D eigenvalue weighted by Crippen LogP contribution is 2.08. The van der Waals surface area contributed by atoms with Gasteiger partial charge in [0, 0.05) is 0 Å². The van der Waals surface area contributed by atoms with Gasteiger partial charge in [0.25, 0.3) is 0 Å². The topological polar surface area (TPSA) is 49.3 Å². The van der Waals surface area contributed by atoms with Crippen LogP contribution in [-0.4, -0.2) is 17.6 Å². The number of hydrogen-bond donors (Lipinski definition) is 2. The van der Waals surface area contributed by atoms with Gasteiger partial charge in [-0.05, 0) is 12.1 Å². The maximum Gasteiger partial charge on any atom is 0.322 e. The molecule has 0 fully saturated rings. The largest absolute Gasteiger partial charge is 0.480 e. The zero-order chi connectivity index (χ0) is 9.68. The maximum atomic E-state index is 10.3. The van der Waals surface area contributed by atoms with Gasteiger partial charge in [-0.1, -0.05) is 12.1 Å². The highest BCUT2D eigenvalue weighted by molar-refractivity contribution is 7.99. The first-order valence-corrected chi connectivity index (χ1v) is 5.80. The molecule has 2 N–H and O–H groups in total. The van der Waals surface area contributed by atoms with Crippen molar-refractivity contribution < 1.29 is 9.90 Å². The van der Waals surface area contributed by atoms with Crippen LogP contribution in [0, 0.1) is 0 Å². The highest BCUT2D eigenvalue weighted by Gasteiger charge is 2.05. The predicted molar refractivity (Wildman–Crippen MR) is 57.9 cm³/mol. The molecule has 1 aromatic carbocycles. The first kappa shape index (κ1) is 10.1. The molecule has 0 aromatic heterocycles. The van der Waals surface area contributed by atoms with Crippen molar-refractivity contribution in [2.45, 2.75) is 0 Å². The fourth-order valence-corrected chi connectivity index (χ4v) is 1.88. The van der Waals surface area contributed by atoms with Gasteiger partial charge in [-0.2, -0.15) is 0 Å². The molecule has 5 heteroatoms. The second-order valence-electron chi connectivity index (χ2n) is 2.39. The van der Waals surface area contributed by atoms with Gasteiger partial charge in [-0.25, -0.2) is 0 Å². The summed E-state index contributed by atoms with van der Waals surface area (Å²) in [6.07, 6.45) is 0. The Bertz CT molecular complexity index is 330. The Morgan fingerprint density at radius 2 is 2.23 bits per heavy atom. The van der Waals surface area contributed by atoms with E-state index in [1.165, 1.54) is 0 Å². The van der Waals surface area contributed by atoms with Gasteiger partial charge in [-0.15, -0.1) is 0 Å². The van der Waals surface area contributed by atoms with Gasteiger partial charge >= 0.3 is 5.97 Å². The van der Waals surface area contributed by atoms with Crippen molar-refractivity contribution in [1.82, 2.24) is 0 Å². The number of carboxylic acid groups (broad SMARTS) is 1. The highest BCUT2D eigenvalue weighted by atomic mass is 32.4. The van der Waals surface area contributed by atoms with Crippen molar-refractivity contribution in [3.8, 4) is 0 Å². The first-order valence-electron chi connectivity index (χ1n) is 3.67. The van der Waals surface area contributed by atoms with Crippen molar-refractivity contribution in [2.75, 3.05) is 11.9 Å². The molecular weight excluding hydrogens is 205 g/mol. The number of carbonyl (C=O) groups is 1. The average molecular weight is 214 g/mol. The van der Waals surface area contributed by atoms with Crippen LogP contribution in [-0.2, 0) is 16.6 Å². The number of nitrogens with one attached hydrogen (secondary N) is 1. The van der Waals surface area contributed by atoms with Crippen LogP contribution in [0.4, 0.5) is 5.69 Å². The van der Waals surface area contributed by atoms with E-state index in [1.54, 1.807) is 0 Å². The molecule has 1 unspecified atom stereocenters. The van der Waals surface area contributed by atoms with E-state index in [0.717, 1.165) is 11.0 Å². The zero-order valence-corrected chi connectivity index (χ0v) is 8.60. The third-order valence-electron chi connectivity index (χ3n) is 1.47. The molecule has 0 saturated heterocycles. The summed E-state index contributed by atoms with van der Waals surface area (Å²) in [6, 6.07) is 7.47. The van der Waals surface area contributed by atoms with Gasteiger partial charge in [0.05, 0.1) is 5.69 Å². The quantitative estimate of drug-likeness (QED) is 0.733. The van der Waals surface area contributed by atoms with Gasteiger partial charge in [0.2, 0.25) is 0 Å². The second kappa shape index (κ2) is 4.90. The smallest absolute Gasteiger partial charge is 0.322 e. The molecule has 0 spiro atoms. The molecule has 0 bridgehead atoms. The molecule has 0 amide bonds. The van der Waals surface area contributed by atoms with Crippen LogP contribution < -0.4 is 10.6 Å². The summed E-state index contributed by atoms with van der Waals surface area (Å²) in [4.78, 5) is 10.3. The second-order valence-corrected chi connectivity index (χ2v) is 3.75. The Hall–Kier alpha value is -0.990. The van der Waals surface area contributed by atoms with Gasteiger partial charge in [-0.3, -0.25) is 4.79 Å². The maximum absolute atomic E-state index is 10.3. The first-order chi connectivity index (χ1) is 6.24. The lowest BCUT2D eigenvalue weighted by Crippen LogP contribution is -2.15. The summed E-state index contributed by atoms with van der Waals surface area (Å²) >= 11 is 4.93. The van der Waals surface area contributed by atoms with E-state index >= 15 is 0 Å². The van der Waals surface area contributed by atoms with Gasteiger partial charge < -0.3 is 10.4 Å². The molecule has 1 rings (SSSR count). The van der Waals surface area contributed by atoms with Crippen LogP contribution in [0.25, 0.3) is 0 Å². The van der Waals surface area contributed by atoms with E-state index in [2.05, 4.69) is 5.32 Å². The van der Waals surface area contributed by atoms with Crippen LogP contribution in [0.2, 0.25) is 0 Å². The molecular formula is C8H9NO2PS+. The molecule has 1 atom stereocenters. The Balaban J connectivity index is 2.75. The van der Waals surface area contributed by atoms with Crippen LogP contribution in [0.15, 0.2) is 24.3 Å². The minimum atomic E-state index is -0.873. The molecule has 3 nitrogen and oxygen atoms in total. The number of aliphatic carboxylic acids is 1. The van der Waals surface area contributed by atoms with Crippen LogP contribution in [0.3, 0.4) is 0 Å². The van der Waals surface area contributed by atoms with E-state index in [-0.39, 0.29) is 13.9 Å². The van der Waals surface area contributed by atoms with Crippen LogP contribution >= 0.6 is 7.36 Å². The van der Waals surface area contributed by atoms with E-state index in [1.807, 2.05) is 24.3 Å². The molecule has 0 aliphatic heterocycles. The number of rotatable bonds is 4. The molecule has 1 aromatic rings. The summed E-state index contributed by atoms with van der Waals surface area (Å²) in [7, 11) is 0.260. The summed E-state index contributed by atoms with van der Waals surface area (Å²) in [5.41, 5.74) is 0.818. The van der Waals surface area contributed by atoms with Crippen molar-refractivity contribution in [3.05, 3.63) is 24.3 Å². The lowest BCUT2D eigenvalue weighted by molar-refractivity contribution is -0.134. The zero-order valence-electron chi connectivity index (χ0n) is 6.78. The Morgan fingerprint density at radius 3 is 2.85 bits per heavy atom. The number of benzene rings is 1. The summed E-state index contributed by atoms with van der Waals surface area (Å²) < 4.78 is 0. The minimum Gasteiger partial charge on any atom is -0.480 e. The summed E-state index contributed by atoms with van der Waals surface area (Å²) in [6.45, 7) is -0.0726. The standard InChI is InChI=1S/C8H8NO2PS/c10-8(11)5-9-6-3-1-2-4-7(6)12-13/h1-4,9H,5H2,(H,10,11)/p+1. The molecule has 68 valence electrons. The molecule has 0 heterocycles. The normalized spacial score (nSPS) is 9.85. The van der Waals surface area contributed by atoms with Crippen molar-refractivity contribution in [3.63, 3.8) is 0 Å². The monoisotopic (exact) mass is 214 g/mol. The average Bonchev–Trinajstić information content (AvgIpc) is 2.15. The fraction of sp³-hybridized carbons (Fsp3) is 0.125. The Kier molecular flexibility index (Phi) is 3.80. The van der Waals surface area contributed by atoms with Crippen molar-refractivity contribution in [2.24, 2.45) is 0 Å². The van der Waals surface area contributed by atoms with Crippen LogP contribution in [0.5, 0.6) is 0 Å². The number of hydrogen-bond acceptors (Lipinski definition) is 3. The van der Waals surface area contributed by atoms with E-state index in [9.17, 15) is 4.79 Å². The molecule has 0 aliphatic carbocycles. The molecule has 0 aliphatic rings. The van der Waals surface area contributed by atoms with Gasteiger partial charge in [0.1, 0.15) is 6.54 Å². The number of anilines is 1. The van der Waals surface area contributed by atoms with E-state index in [0.29, 0.717) is 0 Å². The van der Waals surface area contributed by atoms with Crippen molar-refractivity contribution in [1.29, 1.82) is 0 Å². The van der Waals surface area contributed by atoms with Crippen molar-refractivity contribution >= 4 is 36.1 Å². The third-order valence-corrected chi connectivity index (χ3v) is 2.78. The molecule has 0 radical (unpaired) electrons. The lowest BCUT2D eigenvalue weighted by Gasteiger charge is -2.01. The predicted octanol–water partition coefficient (Wildman–Crippen LogP) is 0.949. The Morgan fingerprint density at radius 1 is 1.54 bits per heavy atom. The number of carboxylic acids is 1. The van der Waals surface area contributed by atoms with Gasteiger partial charge in [0.15, 0.2) is 24.5 Å². The molecule has 0 saturated carbocycles. The SMILES string of the molecule is O=C(O)CNc1ccccc1[PH+]=S. The third kappa shape index (κ3) is 3.09. The fourth-order valence-electron chi connectivity index (χ4n) is 0.897. The molecule has 13 heavy (non-hydrogen) atoms. The Labute approximate surface area is 82.6 Å². The lowest BCUT2D eigenvalue weighted by atomic mass is 10.3.